The van der Waals surface area contributed by atoms with E-state index in [1.54, 1.807) is 4.68 Å². The molecule has 1 heterocycles. The van der Waals surface area contributed by atoms with Gasteiger partial charge in [0.2, 0.25) is 0 Å². The molecule has 1 aromatic heterocycles. The van der Waals surface area contributed by atoms with Gasteiger partial charge in [0, 0.05) is 15.7 Å². The number of halogens is 1. The number of anilines is 1. The van der Waals surface area contributed by atoms with Crippen molar-refractivity contribution in [3.05, 3.63) is 52.0 Å². The van der Waals surface area contributed by atoms with Crippen LogP contribution < -0.4 is 5.73 Å². The highest BCUT2D eigenvalue weighted by molar-refractivity contribution is 9.10. The van der Waals surface area contributed by atoms with Crippen LogP contribution in [-0.2, 0) is 0 Å². The van der Waals surface area contributed by atoms with Crippen molar-refractivity contribution in [1.29, 1.82) is 0 Å². The van der Waals surface area contributed by atoms with E-state index in [1.807, 2.05) is 50.2 Å². The van der Waals surface area contributed by atoms with Gasteiger partial charge in [-0.05, 0) is 65.7 Å². The molecule has 0 unspecified atom stereocenters. The summed E-state index contributed by atoms with van der Waals surface area (Å²) in [6.45, 7) is 4.03. The molecule has 3 aromatic rings. The zero-order valence-corrected chi connectivity index (χ0v) is 13.3. The SMILES string of the molecule is Cc1cc(N)cc(-c2nnnn2-c2ccc(C)c(Br)c2)c1. The van der Waals surface area contributed by atoms with Crippen LogP contribution in [0.3, 0.4) is 0 Å². The smallest absolute Gasteiger partial charge is 0.187 e. The van der Waals surface area contributed by atoms with Crippen LogP contribution in [0.1, 0.15) is 11.1 Å². The van der Waals surface area contributed by atoms with Crippen LogP contribution in [0, 0.1) is 13.8 Å². The number of nitrogens with two attached hydrogens (primary N) is 1. The van der Waals surface area contributed by atoms with Crippen LogP contribution in [0.25, 0.3) is 17.1 Å². The van der Waals surface area contributed by atoms with Crippen molar-refractivity contribution in [2.75, 3.05) is 5.73 Å². The Morgan fingerprint density at radius 1 is 1.10 bits per heavy atom. The lowest BCUT2D eigenvalue weighted by molar-refractivity contribution is 0.790. The predicted molar refractivity (Wildman–Crippen MR) is 86.2 cm³/mol. The molecule has 6 heteroatoms. The second-order valence-corrected chi connectivity index (χ2v) is 5.83. The van der Waals surface area contributed by atoms with E-state index in [1.165, 1.54) is 0 Å². The van der Waals surface area contributed by atoms with E-state index >= 15 is 0 Å². The van der Waals surface area contributed by atoms with Crippen LogP contribution in [0.4, 0.5) is 5.69 Å². The minimum atomic E-state index is 0.668. The first-order chi connectivity index (χ1) is 10.0. The fourth-order valence-electron chi connectivity index (χ4n) is 2.20. The first kappa shape index (κ1) is 13.8. The van der Waals surface area contributed by atoms with Crippen molar-refractivity contribution in [1.82, 2.24) is 20.2 Å². The highest BCUT2D eigenvalue weighted by Gasteiger charge is 2.12. The maximum absolute atomic E-state index is 5.91. The number of nitrogens with zero attached hydrogens (tertiary/aromatic N) is 4. The summed E-state index contributed by atoms with van der Waals surface area (Å²) in [5, 5.41) is 12.0. The number of hydrogen-bond donors (Lipinski definition) is 1. The standard InChI is InChI=1S/C15H14BrN5/c1-9-5-11(7-12(17)6-9)15-18-19-20-21(15)13-4-3-10(2)14(16)8-13/h3-8H,17H2,1-2H3. The van der Waals surface area contributed by atoms with Gasteiger partial charge in [0.05, 0.1) is 5.69 Å². The molecule has 0 atom stereocenters. The molecule has 0 radical (unpaired) electrons. The Kier molecular flexibility index (Phi) is 3.47. The second kappa shape index (κ2) is 5.29. The van der Waals surface area contributed by atoms with Gasteiger partial charge in [-0.15, -0.1) is 5.10 Å². The average Bonchev–Trinajstić information content (AvgIpc) is 2.90. The van der Waals surface area contributed by atoms with Crippen LogP contribution in [-0.4, -0.2) is 20.2 Å². The number of aromatic nitrogens is 4. The van der Waals surface area contributed by atoms with E-state index in [0.717, 1.165) is 26.9 Å². The Morgan fingerprint density at radius 2 is 1.90 bits per heavy atom. The van der Waals surface area contributed by atoms with Crippen LogP contribution in [0.5, 0.6) is 0 Å². The van der Waals surface area contributed by atoms with Gasteiger partial charge in [0.1, 0.15) is 0 Å². The summed E-state index contributed by atoms with van der Waals surface area (Å²) in [7, 11) is 0. The van der Waals surface area contributed by atoms with Gasteiger partial charge >= 0.3 is 0 Å². The fourth-order valence-corrected chi connectivity index (χ4v) is 2.56. The summed E-state index contributed by atoms with van der Waals surface area (Å²) >= 11 is 3.53. The topological polar surface area (TPSA) is 69.6 Å². The van der Waals surface area contributed by atoms with E-state index in [4.69, 9.17) is 5.73 Å². The third-order valence-corrected chi connectivity index (χ3v) is 4.08. The second-order valence-electron chi connectivity index (χ2n) is 4.98. The molecular formula is C15H14BrN5. The number of aryl methyl sites for hydroxylation is 2. The highest BCUT2D eigenvalue weighted by atomic mass is 79.9. The molecule has 5 nitrogen and oxygen atoms in total. The van der Waals surface area contributed by atoms with Crippen molar-refractivity contribution in [3.63, 3.8) is 0 Å². The molecule has 2 N–H and O–H groups in total. The average molecular weight is 344 g/mol. The molecule has 2 aromatic carbocycles. The van der Waals surface area contributed by atoms with Gasteiger partial charge in [0.15, 0.2) is 5.82 Å². The van der Waals surface area contributed by atoms with Gasteiger partial charge in [0.25, 0.3) is 0 Å². The van der Waals surface area contributed by atoms with E-state index in [9.17, 15) is 0 Å². The number of nitrogen functional groups attached to an aromatic ring is 1. The molecule has 0 aliphatic rings. The minimum absolute atomic E-state index is 0.668. The Labute approximate surface area is 130 Å². The van der Waals surface area contributed by atoms with Crippen molar-refractivity contribution >= 4 is 21.6 Å². The fraction of sp³-hybridized carbons (Fsp3) is 0.133. The lowest BCUT2D eigenvalue weighted by atomic mass is 10.1. The monoisotopic (exact) mass is 343 g/mol. The Bertz CT molecular complexity index is 789. The van der Waals surface area contributed by atoms with Crippen LogP contribution in [0.2, 0.25) is 0 Å². The molecule has 0 amide bonds. The van der Waals surface area contributed by atoms with E-state index < -0.39 is 0 Å². The van der Waals surface area contributed by atoms with Crippen molar-refractivity contribution in [2.45, 2.75) is 13.8 Å². The molecular weight excluding hydrogens is 330 g/mol. The lowest BCUT2D eigenvalue weighted by Crippen LogP contribution is -2.01. The van der Waals surface area contributed by atoms with Gasteiger partial charge in [-0.3, -0.25) is 0 Å². The van der Waals surface area contributed by atoms with Crippen molar-refractivity contribution in [3.8, 4) is 17.1 Å². The number of tetrazole rings is 1. The Balaban J connectivity index is 2.14. The predicted octanol–water partition coefficient (Wildman–Crippen LogP) is 3.29. The number of rotatable bonds is 2. The van der Waals surface area contributed by atoms with E-state index in [2.05, 4.69) is 31.5 Å². The van der Waals surface area contributed by atoms with Crippen LogP contribution in [0.15, 0.2) is 40.9 Å². The number of hydrogen-bond acceptors (Lipinski definition) is 4. The third-order valence-electron chi connectivity index (χ3n) is 3.23. The molecule has 21 heavy (non-hydrogen) atoms. The van der Waals surface area contributed by atoms with Crippen molar-refractivity contribution in [2.24, 2.45) is 0 Å². The Morgan fingerprint density at radius 3 is 2.62 bits per heavy atom. The third kappa shape index (κ3) is 2.67. The van der Waals surface area contributed by atoms with Gasteiger partial charge < -0.3 is 5.73 Å². The maximum Gasteiger partial charge on any atom is 0.187 e. The van der Waals surface area contributed by atoms with Gasteiger partial charge in [-0.25, -0.2) is 0 Å². The summed E-state index contributed by atoms with van der Waals surface area (Å²) in [5.74, 6) is 0.668. The first-order valence-electron chi connectivity index (χ1n) is 6.47. The van der Waals surface area contributed by atoms with Crippen LogP contribution >= 0.6 is 15.9 Å². The molecule has 0 saturated heterocycles. The summed E-state index contributed by atoms with van der Waals surface area (Å²) in [4.78, 5) is 0. The molecule has 0 fully saturated rings. The largest absolute Gasteiger partial charge is 0.399 e. The highest BCUT2D eigenvalue weighted by Crippen LogP contribution is 2.25. The summed E-state index contributed by atoms with van der Waals surface area (Å²) in [5.41, 5.74) is 10.6. The molecule has 106 valence electrons. The molecule has 0 bridgehead atoms. The quantitative estimate of drug-likeness (QED) is 0.725. The minimum Gasteiger partial charge on any atom is -0.399 e. The van der Waals surface area contributed by atoms with Gasteiger partial charge in [-0.1, -0.05) is 22.0 Å². The zero-order valence-electron chi connectivity index (χ0n) is 11.7. The van der Waals surface area contributed by atoms with Gasteiger partial charge in [-0.2, -0.15) is 4.68 Å². The summed E-state index contributed by atoms with van der Waals surface area (Å²) in [6, 6.07) is 11.8. The molecule has 0 spiro atoms. The summed E-state index contributed by atoms with van der Waals surface area (Å²) < 4.78 is 2.73. The number of benzene rings is 2. The normalized spacial score (nSPS) is 10.8. The van der Waals surface area contributed by atoms with E-state index in [0.29, 0.717) is 11.5 Å². The molecule has 3 rings (SSSR count). The zero-order chi connectivity index (χ0) is 15.0. The van der Waals surface area contributed by atoms with Crippen molar-refractivity contribution < 1.29 is 0 Å². The lowest BCUT2D eigenvalue weighted by Gasteiger charge is -2.08. The van der Waals surface area contributed by atoms with E-state index in [-0.39, 0.29) is 0 Å². The maximum atomic E-state index is 5.91. The molecule has 0 saturated carbocycles. The first-order valence-corrected chi connectivity index (χ1v) is 7.26. The Hall–Kier alpha value is -2.21. The molecule has 0 aliphatic heterocycles. The summed E-state index contributed by atoms with van der Waals surface area (Å²) in [6.07, 6.45) is 0. The molecule has 0 aliphatic carbocycles.